The van der Waals surface area contributed by atoms with E-state index in [4.69, 9.17) is 0 Å². The number of nitrogens with one attached hydrogen (secondary N) is 1. The van der Waals surface area contributed by atoms with Crippen LogP contribution < -0.4 is 5.32 Å². The number of Topliss-reactive ketones (excluding diaryl/α,β-unsaturated/α-hetero) is 1. The molecule has 1 aromatic carbocycles. The van der Waals surface area contributed by atoms with Gasteiger partial charge >= 0.3 is 6.18 Å². The Kier molecular flexibility index (Phi) is 6.39. The summed E-state index contributed by atoms with van der Waals surface area (Å²) in [4.78, 5) is 36.6. The van der Waals surface area contributed by atoms with Gasteiger partial charge in [-0.05, 0) is 44.0 Å². The number of alkyl halides is 3. The van der Waals surface area contributed by atoms with E-state index in [0.29, 0.717) is 25.9 Å². The lowest BCUT2D eigenvalue weighted by Gasteiger charge is -2.32. The molecule has 0 atom stereocenters. The topological polar surface area (TPSA) is 66.5 Å². The maximum absolute atomic E-state index is 12.6. The molecule has 142 valence electrons. The normalized spacial score (nSPS) is 15.6. The van der Waals surface area contributed by atoms with Crippen molar-refractivity contribution in [3.05, 3.63) is 35.4 Å². The Morgan fingerprint density at radius 3 is 2.15 bits per heavy atom. The van der Waals surface area contributed by atoms with E-state index in [-0.39, 0.29) is 42.0 Å². The maximum atomic E-state index is 12.6. The van der Waals surface area contributed by atoms with Crippen molar-refractivity contribution >= 4 is 17.6 Å². The lowest BCUT2D eigenvalue weighted by molar-refractivity contribution is -0.137. The first-order valence-electron chi connectivity index (χ1n) is 8.42. The molecule has 2 rings (SSSR count). The zero-order valence-corrected chi connectivity index (χ0v) is 14.4. The zero-order chi connectivity index (χ0) is 19.3. The summed E-state index contributed by atoms with van der Waals surface area (Å²) in [6.07, 6.45) is -2.94. The molecule has 0 aromatic heterocycles. The average Bonchev–Trinajstić information content (AvgIpc) is 2.59. The number of benzene rings is 1. The van der Waals surface area contributed by atoms with Crippen molar-refractivity contribution in [1.82, 2.24) is 10.2 Å². The Labute approximate surface area is 149 Å². The third kappa shape index (κ3) is 5.57. The second kappa shape index (κ2) is 8.33. The highest BCUT2D eigenvalue weighted by Gasteiger charge is 2.31. The first-order valence-corrected chi connectivity index (χ1v) is 8.42. The fourth-order valence-electron chi connectivity index (χ4n) is 2.80. The van der Waals surface area contributed by atoms with Gasteiger partial charge < -0.3 is 15.0 Å². The van der Waals surface area contributed by atoms with Crippen LogP contribution in [0, 0.1) is 0 Å². The third-order valence-electron chi connectivity index (χ3n) is 4.31. The van der Waals surface area contributed by atoms with Crippen molar-refractivity contribution in [2.75, 3.05) is 13.1 Å². The maximum Gasteiger partial charge on any atom is 0.416 e. The average molecular weight is 370 g/mol. The second-order valence-corrected chi connectivity index (χ2v) is 6.41. The highest BCUT2D eigenvalue weighted by Crippen LogP contribution is 2.29. The van der Waals surface area contributed by atoms with E-state index in [9.17, 15) is 27.6 Å². The molecule has 1 aliphatic heterocycles. The van der Waals surface area contributed by atoms with Gasteiger partial charge in [0.05, 0.1) is 5.56 Å². The molecule has 26 heavy (non-hydrogen) atoms. The summed E-state index contributed by atoms with van der Waals surface area (Å²) >= 11 is 0. The Balaban J connectivity index is 1.84. The van der Waals surface area contributed by atoms with Gasteiger partial charge in [-0.25, -0.2) is 0 Å². The molecule has 5 nitrogen and oxygen atoms in total. The number of carbonyl (C=O) groups is 3. The highest BCUT2D eigenvalue weighted by atomic mass is 19.4. The van der Waals surface area contributed by atoms with Crippen molar-refractivity contribution in [3.63, 3.8) is 0 Å². The molecular weight excluding hydrogens is 349 g/mol. The van der Waals surface area contributed by atoms with Crippen LogP contribution in [0.2, 0.25) is 0 Å². The SMILES string of the molecule is CC(=O)CCC(=O)NC1CCN(C(=O)c2ccc(C(F)(F)F)cc2)CC1. The summed E-state index contributed by atoms with van der Waals surface area (Å²) in [5.41, 5.74) is -0.581. The van der Waals surface area contributed by atoms with Crippen LogP contribution in [0.25, 0.3) is 0 Å². The van der Waals surface area contributed by atoms with Crippen LogP contribution in [0.4, 0.5) is 13.2 Å². The van der Waals surface area contributed by atoms with Crippen molar-refractivity contribution < 1.29 is 27.6 Å². The Morgan fingerprint density at radius 2 is 1.65 bits per heavy atom. The van der Waals surface area contributed by atoms with Crippen LogP contribution >= 0.6 is 0 Å². The Bertz CT molecular complexity index is 663. The number of hydrogen-bond acceptors (Lipinski definition) is 3. The number of nitrogens with zero attached hydrogens (tertiary/aromatic N) is 1. The van der Waals surface area contributed by atoms with E-state index in [1.807, 2.05) is 0 Å². The first kappa shape index (κ1) is 19.9. The van der Waals surface area contributed by atoms with Crippen LogP contribution in [0.3, 0.4) is 0 Å². The Hall–Kier alpha value is -2.38. The molecule has 1 heterocycles. The molecule has 0 saturated carbocycles. The molecule has 0 bridgehead atoms. The number of carbonyl (C=O) groups excluding carboxylic acids is 3. The third-order valence-corrected chi connectivity index (χ3v) is 4.31. The summed E-state index contributed by atoms with van der Waals surface area (Å²) in [5.74, 6) is -0.551. The fraction of sp³-hybridized carbons (Fsp3) is 0.500. The van der Waals surface area contributed by atoms with Crippen molar-refractivity contribution in [2.24, 2.45) is 0 Å². The van der Waals surface area contributed by atoms with E-state index in [1.165, 1.54) is 19.1 Å². The summed E-state index contributed by atoms with van der Waals surface area (Å²) in [6.45, 7) is 2.26. The summed E-state index contributed by atoms with van der Waals surface area (Å²) < 4.78 is 37.7. The van der Waals surface area contributed by atoms with Crippen molar-refractivity contribution in [2.45, 2.75) is 44.8 Å². The predicted molar refractivity (Wildman–Crippen MR) is 88.4 cm³/mol. The molecule has 1 aromatic rings. The van der Waals surface area contributed by atoms with Crippen LogP contribution in [0.5, 0.6) is 0 Å². The van der Waals surface area contributed by atoms with Gasteiger partial charge in [-0.3, -0.25) is 9.59 Å². The molecule has 1 N–H and O–H groups in total. The molecule has 0 unspecified atom stereocenters. The van der Waals surface area contributed by atoms with Gasteiger partial charge in [-0.15, -0.1) is 0 Å². The molecule has 1 saturated heterocycles. The van der Waals surface area contributed by atoms with E-state index < -0.39 is 11.7 Å². The van der Waals surface area contributed by atoms with Crippen molar-refractivity contribution in [3.8, 4) is 0 Å². The van der Waals surface area contributed by atoms with Gasteiger partial charge in [0.2, 0.25) is 5.91 Å². The number of piperidine rings is 1. The van der Waals surface area contributed by atoms with Gasteiger partial charge in [0, 0.05) is 37.5 Å². The van der Waals surface area contributed by atoms with E-state index in [1.54, 1.807) is 4.90 Å². The number of likely N-dealkylation sites (tertiary alicyclic amines) is 1. The summed E-state index contributed by atoms with van der Waals surface area (Å²) in [6, 6.07) is 4.09. The lowest BCUT2D eigenvalue weighted by atomic mass is 10.0. The summed E-state index contributed by atoms with van der Waals surface area (Å²) in [7, 11) is 0. The predicted octanol–water partition coefficient (Wildman–Crippen LogP) is 2.80. The first-order chi connectivity index (χ1) is 12.2. The minimum Gasteiger partial charge on any atom is -0.353 e. The molecular formula is C18H21F3N2O3. The largest absolute Gasteiger partial charge is 0.416 e. The minimum atomic E-state index is -4.43. The molecule has 8 heteroatoms. The standard InChI is InChI=1S/C18H21F3N2O3/c1-12(24)2-7-16(25)22-15-8-10-23(11-9-15)17(26)13-3-5-14(6-4-13)18(19,20)21/h3-6,15H,2,7-11H2,1H3,(H,22,25). The molecule has 1 fully saturated rings. The number of ketones is 1. The van der Waals surface area contributed by atoms with Crippen LogP contribution in [0.15, 0.2) is 24.3 Å². The number of amides is 2. The molecule has 0 spiro atoms. The van der Waals surface area contributed by atoms with E-state index in [2.05, 4.69) is 5.32 Å². The molecule has 0 radical (unpaired) electrons. The van der Waals surface area contributed by atoms with Gasteiger partial charge in [0.1, 0.15) is 5.78 Å². The number of rotatable bonds is 5. The van der Waals surface area contributed by atoms with Crippen molar-refractivity contribution in [1.29, 1.82) is 0 Å². The van der Waals surface area contributed by atoms with Gasteiger partial charge in [-0.2, -0.15) is 13.2 Å². The number of hydrogen-bond donors (Lipinski definition) is 1. The smallest absolute Gasteiger partial charge is 0.353 e. The lowest BCUT2D eigenvalue weighted by Crippen LogP contribution is -2.46. The quantitative estimate of drug-likeness (QED) is 0.867. The van der Waals surface area contributed by atoms with Gasteiger partial charge in [-0.1, -0.05) is 0 Å². The van der Waals surface area contributed by atoms with E-state index >= 15 is 0 Å². The molecule has 2 amide bonds. The van der Waals surface area contributed by atoms with Gasteiger partial charge in [0.25, 0.3) is 5.91 Å². The fourth-order valence-corrected chi connectivity index (χ4v) is 2.80. The highest BCUT2D eigenvalue weighted by molar-refractivity contribution is 5.94. The number of halogens is 3. The molecule has 1 aliphatic rings. The Morgan fingerprint density at radius 1 is 1.08 bits per heavy atom. The van der Waals surface area contributed by atoms with Crippen LogP contribution in [-0.2, 0) is 15.8 Å². The summed E-state index contributed by atoms with van der Waals surface area (Å²) in [5, 5.41) is 2.84. The second-order valence-electron chi connectivity index (χ2n) is 6.41. The van der Waals surface area contributed by atoms with E-state index in [0.717, 1.165) is 12.1 Å². The molecule has 0 aliphatic carbocycles. The monoisotopic (exact) mass is 370 g/mol. The van der Waals surface area contributed by atoms with Crippen LogP contribution in [0.1, 0.15) is 48.5 Å². The zero-order valence-electron chi connectivity index (χ0n) is 14.4. The minimum absolute atomic E-state index is 0.0443. The van der Waals surface area contributed by atoms with Gasteiger partial charge in [0.15, 0.2) is 0 Å². The van der Waals surface area contributed by atoms with Crippen LogP contribution in [-0.4, -0.2) is 41.6 Å².